The highest BCUT2D eigenvalue weighted by Gasteiger charge is 2.31. The summed E-state index contributed by atoms with van der Waals surface area (Å²) in [5, 5.41) is 17.9. The highest BCUT2D eigenvalue weighted by atomic mass is 16.2. The Kier molecular flexibility index (Phi) is 3.50. The van der Waals surface area contributed by atoms with Gasteiger partial charge in [-0.05, 0) is 26.0 Å². The first kappa shape index (κ1) is 12.7. The summed E-state index contributed by atoms with van der Waals surface area (Å²) in [5.41, 5.74) is -0.169. The summed E-state index contributed by atoms with van der Waals surface area (Å²) in [6.07, 6.45) is 0. The predicted octanol–water partition coefficient (Wildman–Crippen LogP) is 2.07. The van der Waals surface area contributed by atoms with E-state index in [1.807, 2.05) is 12.1 Å². The normalized spacial score (nSPS) is 10.2. The molecule has 0 aliphatic rings. The molecule has 0 saturated heterocycles. The number of benzene rings is 1. The van der Waals surface area contributed by atoms with Gasteiger partial charge in [-0.3, -0.25) is 4.79 Å². The molecule has 0 aliphatic heterocycles. The number of amides is 1. The number of hydrogen-bond donors (Lipinski definition) is 0. The molecule has 4 heteroatoms. The average molecular weight is 227 g/mol. The molecule has 17 heavy (non-hydrogen) atoms. The van der Waals surface area contributed by atoms with Crippen molar-refractivity contribution in [3.8, 4) is 12.1 Å². The van der Waals surface area contributed by atoms with Crippen molar-refractivity contribution in [1.82, 2.24) is 0 Å². The van der Waals surface area contributed by atoms with Crippen molar-refractivity contribution in [3.63, 3.8) is 0 Å². The molecule has 1 aromatic rings. The Labute approximate surface area is 101 Å². The number of carbonyl (C=O) groups is 1. The zero-order chi connectivity index (χ0) is 13.1. The van der Waals surface area contributed by atoms with Crippen LogP contribution in [-0.4, -0.2) is 13.0 Å². The lowest BCUT2D eigenvalue weighted by Crippen LogP contribution is -2.38. The van der Waals surface area contributed by atoms with Crippen LogP contribution in [0.4, 0.5) is 5.69 Å². The van der Waals surface area contributed by atoms with E-state index in [1.165, 1.54) is 4.90 Å². The number of nitriles is 2. The molecule has 0 atom stereocenters. The van der Waals surface area contributed by atoms with Gasteiger partial charge in [-0.25, -0.2) is 0 Å². The van der Waals surface area contributed by atoms with Gasteiger partial charge in [-0.1, -0.05) is 12.1 Å². The summed E-state index contributed by atoms with van der Waals surface area (Å²) in [4.78, 5) is 13.4. The van der Waals surface area contributed by atoms with Gasteiger partial charge < -0.3 is 4.90 Å². The van der Waals surface area contributed by atoms with Crippen LogP contribution in [-0.2, 0) is 4.79 Å². The van der Waals surface area contributed by atoms with E-state index in [0.29, 0.717) is 11.3 Å². The predicted molar refractivity (Wildman–Crippen MR) is 64.0 cm³/mol. The number of nitrogens with zero attached hydrogens (tertiary/aromatic N) is 3. The quantitative estimate of drug-likeness (QED) is 0.776. The van der Waals surface area contributed by atoms with Crippen molar-refractivity contribution < 1.29 is 4.79 Å². The second kappa shape index (κ2) is 4.67. The van der Waals surface area contributed by atoms with Crippen molar-refractivity contribution in [2.24, 2.45) is 5.41 Å². The minimum Gasteiger partial charge on any atom is -0.313 e. The minimum atomic E-state index is -1.10. The largest absolute Gasteiger partial charge is 0.313 e. The van der Waals surface area contributed by atoms with Gasteiger partial charge in [-0.2, -0.15) is 10.5 Å². The summed E-state index contributed by atoms with van der Waals surface area (Å²) in [6, 6.07) is 10.8. The summed E-state index contributed by atoms with van der Waals surface area (Å²) in [7, 11) is 1.57. The van der Waals surface area contributed by atoms with E-state index < -0.39 is 5.41 Å². The standard InChI is InChI=1S/C13H13N3O/c1-13(2,9-15)12(17)16(3)11-7-5-4-6-10(11)8-14/h4-7H,1-3H3. The van der Waals surface area contributed by atoms with Gasteiger partial charge in [-0.15, -0.1) is 0 Å². The van der Waals surface area contributed by atoms with E-state index in [1.54, 1.807) is 45.2 Å². The van der Waals surface area contributed by atoms with Crippen molar-refractivity contribution >= 4 is 11.6 Å². The maximum Gasteiger partial charge on any atom is 0.246 e. The molecule has 0 aliphatic carbocycles. The molecular formula is C13H13N3O. The molecule has 0 bridgehead atoms. The molecular weight excluding hydrogens is 214 g/mol. The Morgan fingerprint density at radius 1 is 1.29 bits per heavy atom. The fourth-order valence-corrected chi connectivity index (χ4v) is 1.44. The van der Waals surface area contributed by atoms with E-state index in [9.17, 15) is 4.79 Å². The highest BCUT2D eigenvalue weighted by Crippen LogP contribution is 2.24. The van der Waals surface area contributed by atoms with Gasteiger partial charge in [0.05, 0.1) is 17.3 Å². The molecule has 0 aromatic heterocycles. The van der Waals surface area contributed by atoms with Crippen LogP contribution in [0.2, 0.25) is 0 Å². The first-order chi connectivity index (χ1) is 7.94. The molecule has 0 saturated carbocycles. The molecule has 0 heterocycles. The lowest BCUT2D eigenvalue weighted by molar-refractivity contribution is -0.123. The molecule has 4 nitrogen and oxygen atoms in total. The number of anilines is 1. The lowest BCUT2D eigenvalue weighted by Gasteiger charge is -2.24. The van der Waals surface area contributed by atoms with E-state index >= 15 is 0 Å². The van der Waals surface area contributed by atoms with Gasteiger partial charge in [0.2, 0.25) is 5.91 Å². The maximum absolute atomic E-state index is 12.1. The van der Waals surface area contributed by atoms with Gasteiger partial charge in [0.15, 0.2) is 0 Å². The zero-order valence-corrected chi connectivity index (χ0v) is 10.1. The van der Waals surface area contributed by atoms with Crippen LogP contribution in [0.15, 0.2) is 24.3 Å². The Bertz CT molecular complexity index is 520. The Morgan fingerprint density at radius 3 is 2.41 bits per heavy atom. The second-order valence-electron chi connectivity index (χ2n) is 4.23. The Hall–Kier alpha value is -2.33. The third-order valence-electron chi connectivity index (χ3n) is 2.50. The van der Waals surface area contributed by atoms with Gasteiger partial charge in [0.1, 0.15) is 11.5 Å². The molecule has 0 spiro atoms. The average Bonchev–Trinajstić information content (AvgIpc) is 2.36. The second-order valence-corrected chi connectivity index (χ2v) is 4.23. The van der Waals surface area contributed by atoms with Crippen LogP contribution < -0.4 is 4.90 Å². The Morgan fingerprint density at radius 2 is 1.88 bits per heavy atom. The van der Waals surface area contributed by atoms with E-state index in [4.69, 9.17) is 10.5 Å². The monoisotopic (exact) mass is 227 g/mol. The fourth-order valence-electron chi connectivity index (χ4n) is 1.44. The minimum absolute atomic E-state index is 0.331. The highest BCUT2D eigenvalue weighted by molar-refractivity contribution is 5.99. The smallest absolute Gasteiger partial charge is 0.246 e. The van der Waals surface area contributed by atoms with Crippen LogP contribution in [0.25, 0.3) is 0 Å². The van der Waals surface area contributed by atoms with E-state index in [0.717, 1.165) is 0 Å². The SMILES string of the molecule is CN(C(=O)C(C)(C)C#N)c1ccccc1C#N. The fraction of sp³-hybridized carbons (Fsp3) is 0.308. The van der Waals surface area contributed by atoms with E-state index in [-0.39, 0.29) is 5.91 Å². The van der Waals surface area contributed by atoms with Crippen LogP contribution in [0, 0.1) is 28.1 Å². The van der Waals surface area contributed by atoms with E-state index in [2.05, 4.69) is 0 Å². The van der Waals surface area contributed by atoms with Crippen LogP contribution in [0.1, 0.15) is 19.4 Å². The van der Waals surface area contributed by atoms with Gasteiger partial charge in [0, 0.05) is 7.05 Å². The molecule has 0 unspecified atom stereocenters. The third kappa shape index (κ3) is 2.43. The zero-order valence-electron chi connectivity index (χ0n) is 10.1. The third-order valence-corrected chi connectivity index (χ3v) is 2.50. The van der Waals surface area contributed by atoms with Crippen LogP contribution >= 0.6 is 0 Å². The molecule has 1 aromatic carbocycles. The molecule has 0 N–H and O–H groups in total. The molecule has 1 amide bonds. The summed E-state index contributed by atoms with van der Waals surface area (Å²) in [5.74, 6) is -0.331. The van der Waals surface area contributed by atoms with Crippen molar-refractivity contribution in [1.29, 1.82) is 10.5 Å². The number of hydrogen-bond acceptors (Lipinski definition) is 3. The molecule has 0 radical (unpaired) electrons. The van der Waals surface area contributed by atoms with Crippen LogP contribution in [0.5, 0.6) is 0 Å². The molecule has 86 valence electrons. The number of rotatable bonds is 2. The first-order valence-electron chi connectivity index (χ1n) is 5.12. The van der Waals surface area contributed by atoms with Crippen molar-refractivity contribution in [2.75, 3.05) is 11.9 Å². The van der Waals surface area contributed by atoms with Crippen molar-refractivity contribution in [2.45, 2.75) is 13.8 Å². The van der Waals surface area contributed by atoms with Gasteiger partial charge in [0.25, 0.3) is 0 Å². The Balaban J connectivity index is 3.15. The number of carbonyl (C=O) groups excluding carboxylic acids is 1. The summed E-state index contributed by atoms with van der Waals surface area (Å²) in [6.45, 7) is 3.11. The first-order valence-corrected chi connectivity index (χ1v) is 5.12. The molecule has 1 rings (SSSR count). The summed E-state index contributed by atoms with van der Waals surface area (Å²) < 4.78 is 0. The maximum atomic E-state index is 12.1. The van der Waals surface area contributed by atoms with Crippen molar-refractivity contribution in [3.05, 3.63) is 29.8 Å². The van der Waals surface area contributed by atoms with Crippen LogP contribution in [0.3, 0.4) is 0 Å². The molecule has 0 fully saturated rings. The van der Waals surface area contributed by atoms with Gasteiger partial charge >= 0.3 is 0 Å². The topological polar surface area (TPSA) is 67.9 Å². The number of para-hydroxylation sites is 1. The lowest BCUT2D eigenvalue weighted by atomic mass is 9.93. The summed E-state index contributed by atoms with van der Waals surface area (Å²) >= 11 is 0.